The fourth-order valence-corrected chi connectivity index (χ4v) is 2.66. The maximum atomic E-state index is 6.06. The Balaban J connectivity index is 1.80. The van der Waals surface area contributed by atoms with Crippen LogP contribution in [-0.4, -0.2) is 6.04 Å². The first-order valence-corrected chi connectivity index (χ1v) is 8.25. The summed E-state index contributed by atoms with van der Waals surface area (Å²) in [6, 6.07) is 12.5. The maximum Gasteiger partial charge on any atom is 0.131 e. The van der Waals surface area contributed by atoms with Crippen LogP contribution in [0, 0.1) is 6.92 Å². The molecular formula is C17H17BrClNO. The Morgan fingerprint density at radius 3 is 2.76 bits per heavy atom. The molecule has 0 heterocycles. The van der Waals surface area contributed by atoms with Gasteiger partial charge in [-0.1, -0.05) is 27.5 Å². The molecule has 0 bridgehead atoms. The zero-order valence-electron chi connectivity index (χ0n) is 11.8. The van der Waals surface area contributed by atoms with Gasteiger partial charge in [0, 0.05) is 27.6 Å². The Morgan fingerprint density at radius 2 is 2.05 bits per heavy atom. The second kappa shape index (κ2) is 6.39. The topological polar surface area (TPSA) is 21.3 Å². The van der Waals surface area contributed by atoms with E-state index in [9.17, 15) is 0 Å². The molecule has 2 aromatic rings. The van der Waals surface area contributed by atoms with E-state index in [0.717, 1.165) is 38.7 Å². The molecule has 21 heavy (non-hydrogen) atoms. The minimum Gasteiger partial charge on any atom is -0.457 e. The predicted octanol–water partition coefficient (Wildman–Crippen LogP) is 5.46. The number of hydrogen-bond donors (Lipinski definition) is 1. The second-order valence-electron chi connectivity index (χ2n) is 5.42. The van der Waals surface area contributed by atoms with Crippen molar-refractivity contribution in [3.63, 3.8) is 0 Å². The number of ether oxygens (including phenoxy) is 1. The van der Waals surface area contributed by atoms with Crippen molar-refractivity contribution in [1.82, 2.24) is 5.32 Å². The highest BCUT2D eigenvalue weighted by Crippen LogP contribution is 2.31. The summed E-state index contributed by atoms with van der Waals surface area (Å²) in [5.74, 6) is 1.69. The Morgan fingerprint density at radius 1 is 1.24 bits per heavy atom. The normalized spacial score (nSPS) is 14.2. The van der Waals surface area contributed by atoms with E-state index >= 15 is 0 Å². The van der Waals surface area contributed by atoms with Gasteiger partial charge in [0.15, 0.2) is 0 Å². The summed E-state index contributed by atoms with van der Waals surface area (Å²) in [6.45, 7) is 2.80. The molecular weight excluding hydrogens is 350 g/mol. The van der Waals surface area contributed by atoms with Gasteiger partial charge in [0.25, 0.3) is 0 Å². The van der Waals surface area contributed by atoms with Crippen LogP contribution in [0.2, 0.25) is 5.02 Å². The maximum absolute atomic E-state index is 6.06. The molecule has 110 valence electrons. The highest BCUT2D eigenvalue weighted by atomic mass is 79.9. The zero-order valence-corrected chi connectivity index (χ0v) is 14.2. The Hall–Kier alpha value is -1.03. The highest BCUT2D eigenvalue weighted by Gasteiger charge is 2.20. The lowest BCUT2D eigenvalue weighted by Gasteiger charge is -2.13. The van der Waals surface area contributed by atoms with Crippen LogP contribution in [0.4, 0.5) is 0 Å². The molecule has 0 spiro atoms. The van der Waals surface area contributed by atoms with Crippen molar-refractivity contribution in [2.75, 3.05) is 0 Å². The van der Waals surface area contributed by atoms with E-state index in [2.05, 4.69) is 27.3 Å². The van der Waals surface area contributed by atoms with Crippen LogP contribution in [0.15, 0.2) is 40.9 Å². The van der Waals surface area contributed by atoms with E-state index < -0.39 is 0 Å². The molecule has 1 N–H and O–H groups in total. The summed E-state index contributed by atoms with van der Waals surface area (Å²) >= 11 is 9.58. The van der Waals surface area contributed by atoms with Gasteiger partial charge in [0.1, 0.15) is 11.5 Å². The molecule has 0 saturated heterocycles. The summed E-state index contributed by atoms with van der Waals surface area (Å²) < 4.78 is 7.10. The molecule has 3 rings (SSSR count). The SMILES string of the molecule is Cc1cc(Oc2ccc(Br)cc2CNC2CC2)ccc1Cl. The largest absolute Gasteiger partial charge is 0.457 e. The molecule has 1 aliphatic rings. The number of nitrogens with one attached hydrogen (secondary N) is 1. The minimum absolute atomic E-state index is 0.676. The average Bonchev–Trinajstić information content (AvgIpc) is 3.27. The number of benzene rings is 2. The van der Waals surface area contributed by atoms with Crippen LogP contribution in [0.3, 0.4) is 0 Å². The van der Waals surface area contributed by atoms with Gasteiger partial charge in [0.2, 0.25) is 0 Å². The molecule has 0 amide bonds. The lowest BCUT2D eigenvalue weighted by atomic mass is 10.2. The van der Waals surface area contributed by atoms with E-state index in [4.69, 9.17) is 16.3 Å². The smallest absolute Gasteiger partial charge is 0.131 e. The van der Waals surface area contributed by atoms with E-state index in [1.807, 2.05) is 37.3 Å². The van der Waals surface area contributed by atoms with Crippen molar-refractivity contribution in [1.29, 1.82) is 0 Å². The molecule has 1 fully saturated rings. The van der Waals surface area contributed by atoms with E-state index in [1.165, 1.54) is 12.8 Å². The lowest BCUT2D eigenvalue weighted by molar-refractivity contribution is 0.472. The van der Waals surface area contributed by atoms with Gasteiger partial charge < -0.3 is 10.1 Å². The van der Waals surface area contributed by atoms with Crippen molar-refractivity contribution in [2.24, 2.45) is 0 Å². The van der Waals surface area contributed by atoms with Gasteiger partial charge in [0.05, 0.1) is 0 Å². The second-order valence-corrected chi connectivity index (χ2v) is 6.74. The molecule has 1 aliphatic carbocycles. The number of hydrogen-bond acceptors (Lipinski definition) is 2. The van der Waals surface area contributed by atoms with Gasteiger partial charge in [-0.15, -0.1) is 0 Å². The van der Waals surface area contributed by atoms with Crippen LogP contribution < -0.4 is 10.1 Å². The molecule has 1 saturated carbocycles. The van der Waals surface area contributed by atoms with Crippen LogP contribution in [0.25, 0.3) is 0 Å². The van der Waals surface area contributed by atoms with E-state index in [-0.39, 0.29) is 0 Å². The lowest BCUT2D eigenvalue weighted by Crippen LogP contribution is -2.15. The predicted molar refractivity (Wildman–Crippen MR) is 90.3 cm³/mol. The minimum atomic E-state index is 0.676. The fraction of sp³-hybridized carbons (Fsp3) is 0.294. The van der Waals surface area contributed by atoms with Crippen LogP contribution >= 0.6 is 27.5 Å². The van der Waals surface area contributed by atoms with Crippen molar-refractivity contribution >= 4 is 27.5 Å². The Bertz CT molecular complexity index is 655. The van der Waals surface area contributed by atoms with Crippen molar-refractivity contribution in [2.45, 2.75) is 32.4 Å². The fourth-order valence-electron chi connectivity index (χ4n) is 2.14. The number of halogens is 2. The van der Waals surface area contributed by atoms with Crippen LogP contribution in [0.1, 0.15) is 24.0 Å². The van der Waals surface area contributed by atoms with Crippen LogP contribution in [-0.2, 0) is 6.54 Å². The third-order valence-electron chi connectivity index (χ3n) is 3.54. The Kier molecular flexibility index (Phi) is 4.53. The van der Waals surface area contributed by atoms with Gasteiger partial charge in [-0.2, -0.15) is 0 Å². The first-order chi connectivity index (χ1) is 10.1. The monoisotopic (exact) mass is 365 g/mol. The van der Waals surface area contributed by atoms with E-state index in [1.54, 1.807) is 0 Å². The molecule has 0 aromatic heterocycles. The summed E-state index contributed by atoms with van der Waals surface area (Å²) in [4.78, 5) is 0. The van der Waals surface area contributed by atoms with Gasteiger partial charge in [-0.3, -0.25) is 0 Å². The van der Waals surface area contributed by atoms with Crippen molar-refractivity contribution < 1.29 is 4.74 Å². The standard InChI is InChI=1S/C17H17BrClNO/c1-11-8-15(5-6-16(11)19)21-17-7-2-13(18)9-12(17)10-20-14-3-4-14/h2,5-9,14,20H,3-4,10H2,1H3. The molecule has 0 unspecified atom stereocenters. The van der Waals surface area contributed by atoms with Gasteiger partial charge >= 0.3 is 0 Å². The van der Waals surface area contributed by atoms with Crippen molar-refractivity contribution in [3.8, 4) is 11.5 Å². The van der Waals surface area contributed by atoms with E-state index in [0.29, 0.717) is 6.04 Å². The first-order valence-electron chi connectivity index (χ1n) is 7.07. The zero-order chi connectivity index (χ0) is 14.8. The highest BCUT2D eigenvalue weighted by molar-refractivity contribution is 9.10. The first kappa shape index (κ1) is 14.9. The molecule has 4 heteroatoms. The number of aryl methyl sites for hydroxylation is 1. The van der Waals surface area contributed by atoms with Crippen LogP contribution in [0.5, 0.6) is 11.5 Å². The Labute approximate surface area is 138 Å². The molecule has 2 aromatic carbocycles. The summed E-state index contributed by atoms with van der Waals surface area (Å²) in [7, 11) is 0. The van der Waals surface area contributed by atoms with Gasteiger partial charge in [-0.25, -0.2) is 0 Å². The summed E-state index contributed by atoms with van der Waals surface area (Å²) in [5, 5.41) is 4.28. The summed E-state index contributed by atoms with van der Waals surface area (Å²) in [6.07, 6.45) is 2.56. The molecule has 2 nitrogen and oxygen atoms in total. The molecule has 0 aliphatic heterocycles. The quantitative estimate of drug-likeness (QED) is 0.759. The van der Waals surface area contributed by atoms with Crippen molar-refractivity contribution in [3.05, 3.63) is 57.0 Å². The molecule has 0 radical (unpaired) electrons. The third kappa shape index (κ3) is 4.00. The number of rotatable bonds is 5. The third-order valence-corrected chi connectivity index (χ3v) is 4.46. The summed E-state index contributed by atoms with van der Waals surface area (Å²) in [5.41, 5.74) is 2.17. The average molecular weight is 367 g/mol. The van der Waals surface area contributed by atoms with Gasteiger partial charge in [-0.05, 0) is 61.7 Å². The molecule has 0 atom stereocenters.